The van der Waals surface area contributed by atoms with Crippen LogP contribution in [0.3, 0.4) is 0 Å². The first kappa shape index (κ1) is 15.4. The quantitative estimate of drug-likeness (QED) is 0.398. The zero-order valence-electron chi connectivity index (χ0n) is 11.8. The summed E-state index contributed by atoms with van der Waals surface area (Å²) in [6.45, 7) is 0.493. The first-order valence-corrected chi connectivity index (χ1v) is 8.85. The fourth-order valence-corrected chi connectivity index (χ4v) is 3.74. The Morgan fingerprint density at radius 2 is 2.18 bits per heavy atom. The lowest BCUT2D eigenvalue weighted by Crippen LogP contribution is -2.19. The molecule has 0 aliphatic rings. The number of thioether (sulfide) groups is 1. The summed E-state index contributed by atoms with van der Waals surface area (Å²) in [7, 11) is 1.74. The molecule has 22 heavy (non-hydrogen) atoms. The lowest BCUT2D eigenvalue weighted by Gasteiger charge is -2.09. The Bertz CT molecular complexity index is 860. The van der Waals surface area contributed by atoms with Gasteiger partial charge in [0.2, 0.25) is 0 Å². The monoisotopic (exact) mass is 352 g/mol. The lowest BCUT2D eigenvalue weighted by atomic mass is 10.3. The number of hydrogen-bond acceptors (Lipinski definition) is 5. The lowest BCUT2D eigenvalue weighted by molar-refractivity contribution is 0.344. The Hall–Kier alpha value is -1.50. The number of halogens is 1. The van der Waals surface area contributed by atoms with Crippen LogP contribution >= 0.6 is 34.7 Å². The predicted octanol–water partition coefficient (Wildman–Crippen LogP) is 3.82. The third-order valence-corrected chi connectivity index (χ3v) is 5.19. The van der Waals surface area contributed by atoms with Crippen molar-refractivity contribution in [1.29, 1.82) is 0 Å². The zero-order chi connectivity index (χ0) is 15.5. The van der Waals surface area contributed by atoms with Crippen LogP contribution in [-0.4, -0.2) is 21.9 Å². The number of thiophene rings is 1. The zero-order valence-corrected chi connectivity index (χ0v) is 14.2. The average molecular weight is 353 g/mol. The number of fused-ring (bicyclic) bond motifs is 1. The molecule has 114 valence electrons. The van der Waals surface area contributed by atoms with E-state index in [9.17, 15) is 4.79 Å². The molecule has 1 aromatic carbocycles. The van der Waals surface area contributed by atoms with E-state index in [0.29, 0.717) is 33.7 Å². The van der Waals surface area contributed by atoms with Crippen LogP contribution in [0.15, 0.2) is 45.7 Å². The minimum atomic E-state index is -0.0132. The van der Waals surface area contributed by atoms with Gasteiger partial charge in [-0.1, -0.05) is 35.5 Å². The van der Waals surface area contributed by atoms with E-state index in [1.54, 1.807) is 17.7 Å². The maximum Gasteiger partial charge on any atom is 0.262 e. The Morgan fingerprint density at radius 1 is 1.36 bits per heavy atom. The summed E-state index contributed by atoms with van der Waals surface area (Å²) in [6, 6.07) is 9.17. The summed E-state index contributed by atoms with van der Waals surface area (Å²) in [6.07, 6.45) is 0. The van der Waals surface area contributed by atoms with Crippen LogP contribution in [0.5, 0.6) is 5.75 Å². The van der Waals surface area contributed by atoms with Crippen molar-refractivity contribution in [1.82, 2.24) is 9.55 Å². The van der Waals surface area contributed by atoms with Crippen LogP contribution in [-0.2, 0) is 7.05 Å². The van der Waals surface area contributed by atoms with Crippen LogP contribution in [0.1, 0.15) is 0 Å². The number of hydrogen-bond donors (Lipinski definition) is 0. The summed E-state index contributed by atoms with van der Waals surface area (Å²) >= 11 is 9.00. The summed E-state index contributed by atoms with van der Waals surface area (Å²) in [5.74, 6) is 1.35. The molecule has 0 aliphatic carbocycles. The van der Waals surface area contributed by atoms with Gasteiger partial charge in [-0.25, -0.2) is 4.98 Å². The molecule has 0 aliphatic heterocycles. The van der Waals surface area contributed by atoms with Crippen molar-refractivity contribution >= 4 is 44.9 Å². The van der Waals surface area contributed by atoms with Crippen molar-refractivity contribution in [2.75, 3.05) is 12.4 Å². The third-order valence-electron chi connectivity index (χ3n) is 3.07. The highest BCUT2D eigenvalue weighted by atomic mass is 35.5. The van der Waals surface area contributed by atoms with Gasteiger partial charge in [-0.3, -0.25) is 9.36 Å². The number of ether oxygens (including phenoxy) is 1. The van der Waals surface area contributed by atoms with Gasteiger partial charge in [-0.05, 0) is 23.6 Å². The number of nitrogens with zero attached hydrogens (tertiary/aromatic N) is 2. The molecular weight excluding hydrogens is 340 g/mol. The van der Waals surface area contributed by atoms with Crippen molar-refractivity contribution in [2.24, 2.45) is 7.05 Å². The number of rotatable bonds is 5. The van der Waals surface area contributed by atoms with Gasteiger partial charge >= 0.3 is 0 Å². The van der Waals surface area contributed by atoms with E-state index in [1.165, 1.54) is 23.1 Å². The third kappa shape index (κ3) is 3.14. The van der Waals surface area contributed by atoms with E-state index < -0.39 is 0 Å². The molecule has 2 heterocycles. The van der Waals surface area contributed by atoms with E-state index in [1.807, 2.05) is 29.6 Å². The highest BCUT2D eigenvalue weighted by Gasteiger charge is 2.09. The summed E-state index contributed by atoms with van der Waals surface area (Å²) in [4.78, 5) is 17.5. The van der Waals surface area contributed by atoms with Crippen molar-refractivity contribution in [3.63, 3.8) is 0 Å². The van der Waals surface area contributed by atoms with Crippen LogP contribution in [0, 0.1) is 0 Å². The Kier molecular flexibility index (Phi) is 4.71. The molecule has 0 saturated carbocycles. The number of aromatic nitrogens is 2. The molecule has 4 nitrogen and oxygen atoms in total. The van der Waals surface area contributed by atoms with Gasteiger partial charge in [0.1, 0.15) is 10.6 Å². The van der Waals surface area contributed by atoms with Crippen LogP contribution in [0.2, 0.25) is 5.02 Å². The highest BCUT2D eigenvalue weighted by molar-refractivity contribution is 7.99. The van der Waals surface area contributed by atoms with Gasteiger partial charge < -0.3 is 4.74 Å². The maximum absolute atomic E-state index is 12.2. The van der Waals surface area contributed by atoms with E-state index in [0.717, 1.165) is 4.83 Å². The Labute approximate surface area is 140 Å². The first-order chi connectivity index (χ1) is 10.7. The minimum absolute atomic E-state index is 0.0132. The van der Waals surface area contributed by atoms with E-state index >= 15 is 0 Å². The molecule has 3 aromatic rings. The van der Waals surface area contributed by atoms with Gasteiger partial charge in [0.15, 0.2) is 5.16 Å². The molecule has 0 bridgehead atoms. The Morgan fingerprint density at radius 3 is 3.00 bits per heavy atom. The van der Waals surface area contributed by atoms with Gasteiger partial charge in [-0.15, -0.1) is 11.3 Å². The van der Waals surface area contributed by atoms with Crippen molar-refractivity contribution in [3.8, 4) is 5.75 Å². The van der Waals surface area contributed by atoms with Gasteiger partial charge in [0, 0.05) is 12.8 Å². The minimum Gasteiger partial charge on any atom is -0.491 e. The van der Waals surface area contributed by atoms with E-state index in [-0.39, 0.29) is 5.56 Å². The van der Waals surface area contributed by atoms with Crippen LogP contribution < -0.4 is 10.3 Å². The first-order valence-electron chi connectivity index (χ1n) is 6.61. The van der Waals surface area contributed by atoms with Gasteiger partial charge in [0.05, 0.1) is 17.0 Å². The van der Waals surface area contributed by atoms with Crippen LogP contribution in [0.25, 0.3) is 10.2 Å². The van der Waals surface area contributed by atoms with Crippen molar-refractivity contribution in [3.05, 3.63) is 51.1 Å². The fraction of sp³-hybridized carbons (Fsp3) is 0.200. The van der Waals surface area contributed by atoms with Crippen LogP contribution in [0.4, 0.5) is 0 Å². The second-order valence-electron chi connectivity index (χ2n) is 4.53. The highest BCUT2D eigenvalue weighted by Crippen LogP contribution is 2.24. The second kappa shape index (κ2) is 6.73. The summed E-state index contributed by atoms with van der Waals surface area (Å²) < 4.78 is 7.21. The molecule has 3 rings (SSSR count). The standard InChI is InChI=1S/C15H13ClN2O2S2/c1-18-14(19)10-6-8-21-13(10)17-15(18)22-9-7-20-12-5-3-2-4-11(12)16/h2-6,8H,7,9H2,1H3. The molecule has 2 aromatic heterocycles. The van der Waals surface area contributed by atoms with Crippen molar-refractivity contribution in [2.45, 2.75) is 5.16 Å². The maximum atomic E-state index is 12.2. The van der Waals surface area contributed by atoms with Gasteiger partial charge in [0.25, 0.3) is 5.56 Å². The van der Waals surface area contributed by atoms with E-state index in [2.05, 4.69) is 4.98 Å². The topological polar surface area (TPSA) is 44.1 Å². The number of benzene rings is 1. The second-order valence-corrected chi connectivity index (χ2v) is 6.89. The molecule has 0 unspecified atom stereocenters. The molecule has 7 heteroatoms. The molecule has 0 radical (unpaired) electrons. The summed E-state index contributed by atoms with van der Waals surface area (Å²) in [5, 5.41) is 3.85. The normalized spacial score (nSPS) is 11.0. The number of para-hydroxylation sites is 1. The molecule has 0 fully saturated rings. The summed E-state index contributed by atoms with van der Waals surface area (Å²) in [5.41, 5.74) is -0.0132. The smallest absolute Gasteiger partial charge is 0.262 e. The van der Waals surface area contributed by atoms with E-state index in [4.69, 9.17) is 16.3 Å². The molecule has 0 amide bonds. The molecular formula is C15H13ClN2O2S2. The molecule has 0 saturated heterocycles. The molecule has 0 spiro atoms. The largest absolute Gasteiger partial charge is 0.491 e. The Balaban J connectivity index is 1.66. The van der Waals surface area contributed by atoms with Gasteiger partial charge in [-0.2, -0.15) is 0 Å². The molecule has 0 N–H and O–H groups in total. The average Bonchev–Trinajstić information content (AvgIpc) is 2.98. The SMILES string of the molecule is Cn1c(SCCOc2ccccc2Cl)nc2sccc2c1=O. The van der Waals surface area contributed by atoms with Crippen molar-refractivity contribution < 1.29 is 4.74 Å². The predicted molar refractivity (Wildman–Crippen MR) is 92.5 cm³/mol. The fourth-order valence-electron chi connectivity index (χ4n) is 1.96. The molecule has 0 atom stereocenters.